The lowest BCUT2D eigenvalue weighted by molar-refractivity contribution is -0.129. The highest BCUT2D eigenvalue weighted by atomic mass is 16.5. The van der Waals surface area contributed by atoms with Gasteiger partial charge in [0.15, 0.2) is 0 Å². The quantitative estimate of drug-likeness (QED) is 0.460. The fraction of sp³-hybridized carbons (Fsp3) is 0.370. The van der Waals surface area contributed by atoms with Crippen molar-refractivity contribution in [1.82, 2.24) is 24.5 Å². The van der Waals surface area contributed by atoms with Gasteiger partial charge in [-0.3, -0.25) is 14.2 Å². The first-order valence-electron chi connectivity index (χ1n) is 12.0. The van der Waals surface area contributed by atoms with Gasteiger partial charge in [-0.15, -0.1) is 0 Å². The summed E-state index contributed by atoms with van der Waals surface area (Å²) >= 11 is 0. The zero-order chi connectivity index (χ0) is 23.2. The summed E-state index contributed by atoms with van der Waals surface area (Å²) in [6.45, 7) is 4.58. The molecule has 4 heterocycles. The summed E-state index contributed by atoms with van der Waals surface area (Å²) in [4.78, 5) is 14.2. The number of rotatable bonds is 3. The molecule has 0 N–H and O–H groups in total. The van der Waals surface area contributed by atoms with E-state index in [-0.39, 0.29) is 5.91 Å². The average molecular weight is 456 g/mol. The van der Waals surface area contributed by atoms with E-state index >= 15 is 0 Å². The summed E-state index contributed by atoms with van der Waals surface area (Å²) in [6, 6.07) is 13.4. The van der Waals surface area contributed by atoms with Crippen molar-refractivity contribution >= 4 is 16.7 Å². The topological polar surface area (TPSA) is 65.2 Å². The minimum atomic E-state index is 0.120. The summed E-state index contributed by atoms with van der Waals surface area (Å²) in [6.07, 6.45) is 6.73. The number of benzene rings is 2. The molecule has 1 saturated heterocycles. The van der Waals surface area contributed by atoms with E-state index in [9.17, 15) is 4.79 Å². The lowest BCUT2D eigenvalue weighted by atomic mass is 9.95. The predicted octanol–water partition coefficient (Wildman–Crippen LogP) is 4.36. The number of aromatic nitrogens is 4. The van der Waals surface area contributed by atoms with Crippen LogP contribution in [0.3, 0.4) is 0 Å². The van der Waals surface area contributed by atoms with E-state index in [0.29, 0.717) is 12.6 Å². The molecule has 2 aromatic heterocycles. The van der Waals surface area contributed by atoms with Crippen molar-refractivity contribution < 1.29 is 9.53 Å². The van der Waals surface area contributed by atoms with Crippen LogP contribution in [0.25, 0.3) is 33.2 Å². The molecule has 2 aliphatic rings. The van der Waals surface area contributed by atoms with E-state index in [1.54, 1.807) is 6.92 Å². The summed E-state index contributed by atoms with van der Waals surface area (Å²) in [5.74, 6) is 0.120. The SMILES string of the molecule is CC(=O)N1CCc2c(c(-c3cccc4cc(-c5cnn(C)c5)ccc34)nn2C2CCOCC2)C1. The second-order valence-electron chi connectivity index (χ2n) is 9.40. The van der Waals surface area contributed by atoms with E-state index in [1.165, 1.54) is 22.0 Å². The van der Waals surface area contributed by atoms with Crippen molar-refractivity contribution in [2.24, 2.45) is 7.05 Å². The fourth-order valence-electron chi connectivity index (χ4n) is 5.40. The van der Waals surface area contributed by atoms with Gasteiger partial charge in [0, 0.05) is 75.3 Å². The maximum absolute atomic E-state index is 12.2. The number of fused-ring (bicyclic) bond motifs is 2. The van der Waals surface area contributed by atoms with Crippen molar-refractivity contribution in [3.8, 4) is 22.4 Å². The molecule has 0 saturated carbocycles. The number of hydrogen-bond donors (Lipinski definition) is 0. The van der Waals surface area contributed by atoms with E-state index in [2.05, 4.69) is 46.2 Å². The van der Waals surface area contributed by atoms with E-state index < -0.39 is 0 Å². The molecule has 2 aliphatic heterocycles. The summed E-state index contributed by atoms with van der Waals surface area (Å²) < 4.78 is 9.69. The molecule has 2 aromatic carbocycles. The Morgan fingerprint density at radius 2 is 1.97 bits per heavy atom. The van der Waals surface area contributed by atoms with Gasteiger partial charge < -0.3 is 9.64 Å². The minimum Gasteiger partial charge on any atom is -0.381 e. The number of hydrogen-bond acceptors (Lipinski definition) is 4. The van der Waals surface area contributed by atoms with Crippen molar-refractivity contribution in [2.75, 3.05) is 19.8 Å². The first-order chi connectivity index (χ1) is 16.6. The average Bonchev–Trinajstić information content (AvgIpc) is 3.47. The van der Waals surface area contributed by atoms with Crippen LogP contribution in [0, 0.1) is 0 Å². The lowest BCUT2D eigenvalue weighted by Gasteiger charge is -2.29. The fourth-order valence-corrected chi connectivity index (χ4v) is 5.40. The molecule has 1 amide bonds. The molecule has 0 aliphatic carbocycles. The lowest BCUT2D eigenvalue weighted by Crippen LogP contribution is -2.35. The normalized spacial score (nSPS) is 16.7. The Labute approximate surface area is 198 Å². The summed E-state index contributed by atoms with van der Waals surface area (Å²) in [5.41, 5.74) is 6.86. The van der Waals surface area contributed by atoms with Crippen molar-refractivity contribution in [1.29, 1.82) is 0 Å². The Hall–Kier alpha value is -3.45. The van der Waals surface area contributed by atoms with Crippen LogP contribution in [0.15, 0.2) is 48.8 Å². The highest BCUT2D eigenvalue weighted by Gasteiger charge is 2.30. The van der Waals surface area contributed by atoms with Crippen LogP contribution >= 0.6 is 0 Å². The monoisotopic (exact) mass is 455 g/mol. The Morgan fingerprint density at radius 3 is 2.74 bits per heavy atom. The number of nitrogens with zero attached hydrogens (tertiary/aromatic N) is 5. The molecule has 174 valence electrons. The van der Waals surface area contributed by atoms with Crippen molar-refractivity contribution in [2.45, 2.75) is 38.8 Å². The zero-order valence-corrected chi connectivity index (χ0v) is 19.7. The molecule has 0 bridgehead atoms. The highest BCUT2D eigenvalue weighted by Crippen LogP contribution is 2.38. The van der Waals surface area contributed by atoms with Gasteiger partial charge in [0.25, 0.3) is 0 Å². The van der Waals surface area contributed by atoms with Crippen LogP contribution in [0.2, 0.25) is 0 Å². The highest BCUT2D eigenvalue weighted by molar-refractivity contribution is 5.98. The smallest absolute Gasteiger partial charge is 0.219 e. The van der Waals surface area contributed by atoms with Gasteiger partial charge in [-0.1, -0.05) is 30.3 Å². The molecular formula is C27H29N5O2. The molecule has 34 heavy (non-hydrogen) atoms. The van der Waals surface area contributed by atoms with Gasteiger partial charge in [0.2, 0.25) is 5.91 Å². The van der Waals surface area contributed by atoms with Crippen LogP contribution in [0.5, 0.6) is 0 Å². The van der Waals surface area contributed by atoms with Crippen LogP contribution in [-0.4, -0.2) is 50.1 Å². The Bertz CT molecular complexity index is 1380. The first-order valence-corrected chi connectivity index (χ1v) is 12.0. The summed E-state index contributed by atoms with van der Waals surface area (Å²) in [5, 5.41) is 11.9. The van der Waals surface area contributed by atoms with Gasteiger partial charge in [-0.25, -0.2) is 0 Å². The third-order valence-electron chi connectivity index (χ3n) is 7.24. The molecule has 7 heteroatoms. The van der Waals surface area contributed by atoms with Gasteiger partial charge in [-0.2, -0.15) is 10.2 Å². The largest absolute Gasteiger partial charge is 0.381 e. The van der Waals surface area contributed by atoms with E-state index in [0.717, 1.165) is 61.4 Å². The Kier molecular flexibility index (Phi) is 5.21. The molecule has 4 aromatic rings. The molecule has 0 spiro atoms. The van der Waals surface area contributed by atoms with Crippen LogP contribution in [0.1, 0.15) is 37.1 Å². The Morgan fingerprint density at radius 1 is 1.12 bits per heavy atom. The number of aryl methyl sites for hydroxylation is 1. The van der Waals surface area contributed by atoms with Gasteiger partial charge in [0.1, 0.15) is 0 Å². The number of carbonyl (C=O) groups is 1. The molecule has 1 fully saturated rings. The van der Waals surface area contributed by atoms with Crippen LogP contribution < -0.4 is 0 Å². The maximum Gasteiger partial charge on any atom is 0.219 e. The van der Waals surface area contributed by atoms with Gasteiger partial charge >= 0.3 is 0 Å². The number of ether oxygens (including phenoxy) is 1. The van der Waals surface area contributed by atoms with Gasteiger partial charge in [0.05, 0.1) is 17.9 Å². The first kappa shape index (κ1) is 21.1. The number of amides is 1. The second-order valence-corrected chi connectivity index (χ2v) is 9.40. The molecule has 0 atom stereocenters. The molecular weight excluding hydrogens is 426 g/mol. The molecule has 7 nitrogen and oxygen atoms in total. The van der Waals surface area contributed by atoms with Crippen molar-refractivity contribution in [3.05, 3.63) is 60.0 Å². The van der Waals surface area contributed by atoms with E-state index in [1.807, 2.05) is 29.0 Å². The van der Waals surface area contributed by atoms with Crippen LogP contribution in [-0.2, 0) is 29.5 Å². The standard InChI is InChI=1S/C27H29N5O2/c1-18(33)31-11-8-26-25(17-31)27(29-32(26)22-9-12-34-13-10-22)24-5-3-4-20-14-19(6-7-23(20)24)21-15-28-30(2)16-21/h3-7,14-16,22H,8-13,17H2,1-2H3. The minimum absolute atomic E-state index is 0.120. The summed E-state index contributed by atoms with van der Waals surface area (Å²) in [7, 11) is 1.94. The van der Waals surface area contributed by atoms with Crippen molar-refractivity contribution in [3.63, 3.8) is 0 Å². The third-order valence-corrected chi connectivity index (χ3v) is 7.24. The number of carbonyl (C=O) groups excluding carboxylic acids is 1. The molecule has 6 rings (SSSR count). The van der Waals surface area contributed by atoms with E-state index in [4.69, 9.17) is 9.84 Å². The molecule has 0 radical (unpaired) electrons. The zero-order valence-electron chi connectivity index (χ0n) is 19.7. The van der Waals surface area contributed by atoms with Crippen LogP contribution in [0.4, 0.5) is 0 Å². The van der Waals surface area contributed by atoms with Gasteiger partial charge in [-0.05, 0) is 35.2 Å². The maximum atomic E-state index is 12.2. The second kappa shape index (κ2) is 8.40. The molecule has 0 unspecified atom stereocenters. The third kappa shape index (κ3) is 3.60. The Balaban J connectivity index is 1.49. The predicted molar refractivity (Wildman–Crippen MR) is 131 cm³/mol.